The highest BCUT2D eigenvalue weighted by Gasteiger charge is 2.12. The number of carbonyl (C=O) groups excluding carboxylic acids is 1. The monoisotopic (exact) mass is 335 g/mol. The van der Waals surface area contributed by atoms with Gasteiger partial charge in [0.2, 0.25) is 5.91 Å². The molecular formula is C16H21N3OS2. The summed E-state index contributed by atoms with van der Waals surface area (Å²) in [5.41, 5.74) is 7.95. The summed E-state index contributed by atoms with van der Waals surface area (Å²) in [5, 5.41) is 5.94. The Morgan fingerprint density at radius 2 is 2.18 bits per heavy atom. The number of benzene rings is 1. The number of amides is 1. The largest absolute Gasteiger partial charge is 0.354 e. The lowest BCUT2D eigenvalue weighted by Gasteiger charge is -2.10. The summed E-state index contributed by atoms with van der Waals surface area (Å²) in [7, 11) is 0. The maximum atomic E-state index is 11.8. The summed E-state index contributed by atoms with van der Waals surface area (Å²) < 4.78 is 0. The lowest BCUT2D eigenvalue weighted by Crippen LogP contribution is -2.41. The Morgan fingerprint density at radius 3 is 2.91 bits per heavy atom. The van der Waals surface area contributed by atoms with Crippen molar-refractivity contribution in [3.8, 4) is 10.6 Å². The van der Waals surface area contributed by atoms with E-state index in [0.717, 1.165) is 28.4 Å². The van der Waals surface area contributed by atoms with Crippen LogP contribution in [0.4, 0.5) is 0 Å². The number of thiazole rings is 1. The topological polar surface area (TPSA) is 68.0 Å². The predicted molar refractivity (Wildman–Crippen MR) is 95.2 cm³/mol. The Labute approximate surface area is 139 Å². The zero-order chi connectivity index (χ0) is 15.8. The Balaban J connectivity index is 1.78. The molecule has 4 nitrogen and oxygen atoms in total. The van der Waals surface area contributed by atoms with Crippen molar-refractivity contribution in [1.29, 1.82) is 0 Å². The fraction of sp³-hybridized carbons (Fsp3) is 0.375. The minimum absolute atomic E-state index is 0.0763. The first kappa shape index (κ1) is 17.0. The molecule has 22 heavy (non-hydrogen) atoms. The standard InChI is InChI=1S/C16H21N3OS2/c1-21-10-8-14(17)15(20)18-9-7-13-11-22-16(19-13)12-5-3-2-4-6-12/h2-6,11,14H,7-10,17H2,1H3,(H,18,20)/t14-/m0/s1. The molecule has 1 atom stereocenters. The molecule has 0 bridgehead atoms. The maximum absolute atomic E-state index is 11.8. The molecule has 2 rings (SSSR count). The number of rotatable bonds is 8. The van der Waals surface area contributed by atoms with Gasteiger partial charge in [-0.25, -0.2) is 4.98 Å². The second-order valence-electron chi connectivity index (χ2n) is 4.94. The van der Waals surface area contributed by atoms with Crippen molar-refractivity contribution < 1.29 is 4.79 Å². The highest BCUT2D eigenvalue weighted by molar-refractivity contribution is 7.98. The van der Waals surface area contributed by atoms with E-state index < -0.39 is 6.04 Å². The molecule has 2 aromatic rings. The summed E-state index contributed by atoms with van der Waals surface area (Å²) >= 11 is 3.33. The minimum atomic E-state index is -0.414. The van der Waals surface area contributed by atoms with Crippen molar-refractivity contribution >= 4 is 29.0 Å². The van der Waals surface area contributed by atoms with Gasteiger partial charge in [0.05, 0.1) is 11.7 Å². The second kappa shape index (κ2) is 8.92. The second-order valence-corrected chi connectivity index (χ2v) is 6.78. The van der Waals surface area contributed by atoms with Crippen LogP contribution < -0.4 is 11.1 Å². The molecule has 0 radical (unpaired) electrons. The van der Waals surface area contributed by atoms with Gasteiger partial charge >= 0.3 is 0 Å². The van der Waals surface area contributed by atoms with Crippen LogP contribution in [-0.4, -0.2) is 35.5 Å². The molecule has 1 amide bonds. The van der Waals surface area contributed by atoms with E-state index in [1.165, 1.54) is 0 Å². The summed E-state index contributed by atoms with van der Waals surface area (Å²) in [4.78, 5) is 16.4. The number of nitrogens with two attached hydrogens (primary N) is 1. The van der Waals surface area contributed by atoms with E-state index in [0.29, 0.717) is 13.0 Å². The summed E-state index contributed by atoms with van der Waals surface area (Å²) in [6.45, 7) is 0.573. The van der Waals surface area contributed by atoms with Crippen LogP contribution in [0.5, 0.6) is 0 Å². The van der Waals surface area contributed by atoms with E-state index in [9.17, 15) is 4.79 Å². The molecular weight excluding hydrogens is 314 g/mol. The third kappa shape index (κ3) is 5.12. The SMILES string of the molecule is CSCC[C@H](N)C(=O)NCCc1csc(-c2ccccc2)n1. The molecule has 1 aromatic carbocycles. The third-order valence-electron chi connectivity index (χ3n) is 3.22. The van der Waals surface area contributed by atoms with E-state index >= 15 is 0 Å². The molecule has 1 aromatic heterocycles. The summed E-state index contributed by atoms with van der Waals surface area (Å²) in [5.74, 6) is 0.828. The molecule has 6 heteroatoms. The molecule has 0 saturated carbocycles. The van der Waals surface area contributed by atoms with Gasteiger partial charge in [-0.2, -0.15) is 11.8 Å². The number of nitrogens with one attached hydrogen (secondary N) is 1. The smallest absolute Gasteiger partial charge is 0.236 e. The van der Waals surface area contributed by atoms with Crippen LogP contribution in [0, 0.1) is 0 Å². The third-order valence-corrected chi connectivity index (χ3v) is 4.81. The van der Waals surface area contributed by atoms with Crippen LogP contribution in [0.15, 0.2) is 35.7 Å². The van der Waals surface area contributed by atoms with Crippen molar-refractivity contribution in [3.05, 3.63) is 41.4 Å². The van der Waals surface area contributed by atoms with Crippen molar-refractivity contribution in [2.24, 2.45) is 5.73 Å². The van der Waals surface area contributed by atoms with Crippen molar-refractivity contribution in [2.75, 3.05) is 18.6 Å². The van der Waals surface area contributed by atoms with E-state index in [-0.39, 0.29) is 5.91 Å². The lowest BCUT2D eigenvalue weighted by molar-refractivity contribution is -0.122. The number of hydrogen-bond donors (Lipinski definition) is 2. The van der Waals surface area contributed by atoms with Crippen LogP contribution in [-0.2, 0) is 11.2 Å². The van der Waals surface area contributed by atoms with Crippen LogP contribution in [0.1, 0.15) is 12.1 Å². The first-order chi connectivity index (χ1) is 10.7. The van der Waals surface area contributed by atoms with Gasteiger partial charge in [-0.05, 0) is 18.4 Å². The Bertz CT molecular complexity index is 586. The molecule has 0 spiro atoms. The highest BCUT2D eigenvalue weighted by atomic mass is 32.2. The van der Waals surface area contributed by atoms with Crippen molar-refractivity contribution in [2.45, 2.75) is 18.9 Å². The molecule has 3 N–H and O–H groups in total. The Hall–Kier alpha value is -1.37. The molecule has 0 aliphatic carbocycles. The molecule has 0 saturated heterocycles. The Kier molecular flexibility index (Phi) is 6.89. The number of nitrogens with zero attached hydrogens (tertiary/aromatic N) is 1. The zero-order valence-corrected chi connectivity index (χ0v) is 14.3. The van der Waals surface area contributed by atoms with Gasteiger partial charge in [-0.15, -0.1) is 11.3 Å². The predicted octanol–water partition coefficient (Wildman–Crippen LogP) is 2.55. The summed E-state index contributed by atoms with van der Waals surface area (Å²) in [6.07, 6.45) is 3.45. The van der Waals surface area contributed by atoms with Gasteiger partial charge in [0.1, 0.15) is 5.01 Å². The van der Waals surface area contributed by atoms with E-state index in [2.05, 4.69) is 22.4 Å². The lowest BCUT2D eigenvalue weighted by atomic mass is 10.2. The first-order valence-electron chi connectivity index (χ1n) is 7.22. The van der Waals surface area contributed by atoms with Crippen molar-refractivity contribution in [3.63, 3.8) is 0 Å². The summed E-state index contributed by atoms with van der Waals surface area (Å²) in [6, 6.07) is 9.69. The maximum Gasteiger partial charge on any atom is 0.236 e. The molecule has 0 fully saturated rings. The Morgan fingerprint density at radius 1 is 1.41 bits per heavy atom. The van der Waals surface area contributed by atoms with Crippen molar-refractivity contribution in [1.82, 2.24) is 10.3 Å². The van der Waals surface area contributed by atoms with Gasteiger partial charge in [0, 0.05) is 23.9 Å². The normalized spacial score (nSPS) is 12.1. The molecule has 0 aliphatic rings. The fourth-order valence-corrected chi connectivity index (χ4v) is 3.31. The van der Waals surface area contributed by atoms with E-state index in [1.54, 1.807) is 23.1 Å². The molecule has 1 heterocycles. The number of hydrogen-bond acceptors (Lipinski definition) is 5. The van der Waals surface area contributed by atoms with E-state index in [4.69, 9.17) is 5.73 Å². The van der Waals surface area contributed by atoms with Gasteiger partial charge in [0.25, 0.3) is 0 Å². The van der Waals surface area contributed by atoms with Crippen LogP contribution in [0.25, 0.3) is 10.6 Å². The highest BCUT2D eigenvalue weighted by Crippen LogP contribution is 2.23. The number of aromatic nitrogens is 1. The van der Waals surface area contributed by atoms with Crippen LogP contribution in [0.2, 0.25) is 0 Å². The van der Waals surface area contributed by atoms with E-state index in [1.807, 2.05) is 29.8 Å². The number of thioether (sulfide) groups is 1. The molecule has 0 unspecified atom stereocenters. The zero-order valence-electron chi connectivity index (χ0n) is 12.6. The average molecular weight is 335 g/mol. The first-order valence-corrected chi connectivity index (χ1v) is 9.50. The van der Waals surface area contributed by atoms with Crippen LogP contribution >= 0.6 is 23.1 Å². The minimum Gasteiger partial charge on any atom is -0.354 e. The van der Waals surface area contributed by atoms with Crippen LogP contribution in [0.3, 0.4) is 0 Å². The van der Waals surface area contributed by atoms with Gasteiger partial charge in [-0.1, -0.05) is 30.3 Å². The molecule has 118 valence electrons. The van der Waals surface area contributed by atoms with Gasteiger partial charge in [-0.3, -0.25) is 4.79 Å². The number of carbonyl (C=O) groups is 1. The quantitative estimate of drug-likeness (QED) is 0.778. The molecule has 0 aliphatic heterocycles. The average Bonchev–Trinajstić information content (AvgIpc) is 3.02. The van der Waals surface area contributed by atoms with Gasteiger partial charge < -0.3 is 11.1 Å². The fourth-order valence-electron chi connectivity index (χ4n) is 1.96. The van der Waals surface area contributed by atoms with Gasteiger partial charge in [0.15, 0.2) is 0 Å².